The normalized spacial score (nSPS) is 14.4. The fourth-order valence-corrected chi connectivity index (χ4v) is 2.18. The summed E-state index contributed by atoms with van der Waals surface area (Å²) in [5, 5.41) is 11.8. The van der Waals surface area contributed by atoms with Crippen LogP contribution in [-0.4, -0.2) is 42.2 Å². The second kappa shape index (κ2) is 10.9. The van der Waals surface area contributed by atoms with Crippen LogP contribution in [0.1, 0.15) is 32.6 Å². The largest absolute Gasteiger partial charge is 0.396 e. The third-order valence-electron chi connectivity index (χ3n) is 2.77. The Morgan fingerprint density at radius 3 is 2.65 bits per heavy atom. The van der Waals surface area contributed by atoms with Gasteiger partial charge in [-0.1, -0.05) is 13.3 Å². The third kappa shape index (κ3) is 8.46. The lowest BCUT2D eigenvalue weighted by atomic mass is 10.00. The highest BCUT2D eigenvalue weighted by Gasteiger charge is 2.14. The van der Waals surface area contributed by atoms with Crippen molar-refractivity contribution in [3.8, 4) is 0 Å². The van der Waals surface area contributed by atoms with E-state index in [0.717, 1.165) is 25.0 Å². The molecular weight excluding hydrogens is 236 g/mol. The summed E-state index contributed by atoms with van der Waals surface area (Å²) >= 11 is 1.69. The molecule has 1 amide bonds. The minimum Gasteiger partial charge on any atom is -0.396 e. The second-order valence-electron chi connectivity index (χ2n) is 4.30. The minimum atomic E-state index is -0.404. The Morgan fingerprint density at radius 1 is 1.41 bits per heavy atom. The Bertz CT molecular complexity index is 197. The maximum Gasteiger partial charge on any atom is 0.236 e. The number of nitrogens with two attached hydrogens (primary N) is 1. The molecule has 0 radical (unpaired) electrons. The monoisotopic (exact) mass is 262 g/mol. The fourth-order valence-electron chi connectivity index (χ4n) is 1.69. The first-order chi connectivity index (χ1) is 8.15. The van der Waals surface area contributed by atoms with E-state index in [9.17, 15) is 4.79 Å². The molecule has 4 nitrogen and oxygen atoms in total. The van der Waals surface area contributed by atoms with Crippen molar-refractivity contribution in [2.45, 2.75) is 38.6 Å². The molecular formula is C12H26N2O2S. The van der Waals surface area contributed by atoms with Crippen molar-refractivity contribution >= 4 is 17.7 Å². The van der Waals surface area contributed by atoms with Gasteiger partial charge in [0, 0.05) is 13.2 Å². The van der Waals surface area contributed by atoms with E-state index in [4.69, 9.17) is 10.8 Å². The molecule has 0 aromatic carbocycles. The fraction of sp³-hybridized carbons (Fsp3) is 0.917. The summed E-state index contributed by atoms with van der Waals surface area (Å²) in [5.41, 5.74) is 5.76. The topological polar surface area (TPSA) is 75.3 Å². The molecule has 0 aliphatic rings. The number of amides is 1. The van der Waals surface area contributed by atoms with Crippen LogP contribution in [0, 0.1) is 5.92 Å². The molecule has 0 saturated carbocycles. The quantitative estimate of drug-likeness (QED) is 0.548. The third-order valence-corrected chi connectivity index (χ3v) is 3.41. The molecule has 0 aliphatic carbocycles. The van der Waals surface area contributed by atoms with Gasteiger partial charge in [-0.15, -0.1) is 0 Å². The van der Waals surface area contributed by atoms with E-state index in [0.29, 0.717) is 18.9 Å². The van der Waals surface area contributed by atoms with Gasteiger partial charge in [0.25, 0.3) is 0 Å². The number of hydrogen-bond acceptors (Lipinski definition) is 4. The van der Waals surface area contributed by atoms with Crippen molar-refractivity contribution < 1.29 is 9.90 Å². The zero-order valence-electron chi connectivity index (χ0n) is 10.9. The summed E-state index contributed by atoms with van der Waals surface area (Å²) in [6, 6.07) is -0.404. The Kier molecular flexibility index (Phi) is 10.7. The van der Waals surface area contributed by atoms with Crippen molar-refractivity contribution in [3.05, 3.63) is 0 Å². The number of nitrogens with one attached hydrogen (secondary N) is 1. The zero-order valence-corrected chi connectivity index (χ0v) is 11.8. The van der Waals surface area contributed by atoms with Crippen LogP contribution in [0.3, 0.4) is 0 Å². The van der Waals surface area contributed by atoms with Crippen LogP contribution in [0.25, 0.3) is 0 Å². The van der Waals surface area contributed by atoms with E-state index in [1.165, 1.54) is 0 Å². The number of aliphatic hydroxyl groups is 1. The van der Waals surface area contributed by atoms with Gasteiger partial charge in [0.2, 0.25) is 5.91 Å². The van der Waals surface area contributed by atoms with Gasteiger partial charge in [-0.2, -0.15) is 11.8 Å². The molecule has 0 bridgehead atoms. The van der Waals surface area contributed by atoms with Gasteiger partial charge in [0.15, 0.2) is 0 Å². The number of carbonyl (C=O) groups excluding carboxylic acids is 1. The summed E-state index contributed by atoms with van der Waals surface area (Å²) in [7, 11) is 0. The number of hydrogen-bond donors (Lipinski definition) is 3. The van der Waals surface area contributed by atoms with E-state index in [2.05, 4.69) is 12.2 Å². The molecule has 0 aromatic heterocycles. The SMILES string of the molecule is CCCC(CCO)CNC(=O)[C@H](N)CCSC. The summed E-state index contributed by atoms with van der Waals surface area (Å²) in [6.45, 7) is 2.91. The minimum absolute atomic E-state index is 0.0712. The number of carbonyl (C=O) groups is 1. The molecule has 5 heteroatoms. The van der Waals surface area contributed by atoms with Crippen LogP contribution >= 0.6 is 11.8 Å². The van der Waals surface area contributed by atoms with E-state index in [1.54, 1.807) is 11.8 Å². The molecule has 2 atom stereocenters. The van der Waals surface area contributed by atoms with E-state index < -0.39 is 6.04 Å². The lowest BCUT2D eigenvalue weighted by Gasteiger charge is -2.17. The van der Waals surface area contributed by atoms with Gasteiger partial charge in [-0.3, -0.25) is 4.79 Å². The van der Waals surface area contributed by atoms with Crippen LogP contribution in [0.5, 0.6) is 0 Å². The number of rotatable bonds is 10. The Balaban J connectivity index is 3.85. The van der Waals surface area contributed by atoms with Gasteiger partial charge in [-0.25, -0.2) is 0 Å². The summed E-state index contributed by atoms with van der Waals surface area (Å²) in [4.78, 5) is 11.7. The number of aliphatic hydroxyl groups excluding tert-OH is 1. The Hall–Kier alpha value is -0.260. The van der Waals surface area contributed by atoms with Crippen LogP contribution < -0.4 is 11.1 Å². The predicted octanol–water partition coefficient (Wildman–Crippen LogP) is 0.982. The summed E-state index contributed by atoms with van der Waals surface area (Å²) in [6.07, 6.45) is 5.56. The van der Waals surface area contributed by atoms with Gasteiger partial charge in [0.1, 0.15) is 0 Å². The van der Waals surface area contributed by atoms with Crippen molar-refractivity contribution in [3.63, 3.8) is 0 Å². The molecule has 0 spiro atoms. The van der Waals surface area contributed by atoms with Crippen molar-refractivity contribution in [2.75, 3.05) is 25.2 Å². The van der Waals surface area contributed by atoms with Crippen molar-refractivity contribution in [1.29, 1.82) is 0 Å². The van der Waals surface area contributed by atoms with Crippen molar-refractivity contribution in [1.82, 2.24) is 5.32 Å². The van der Waals surface area contributed by atoms with E-state index in [-0.39, 0.29) is 12.5 Å². The highest BCUT2D eigenvalue weighted by atomic mass is 32.2. The average molecular weight is 262 g/mol. The molecule has 0 rings (SSSR count). The molecule has 17 heavy (non-hydrogen) atoms. The zero-order chi connectivity index (χ0) is 13.1. The first kappa shape index (κ1) is 16.7. The van der Waals surface area contributed by atoms with Gasteiger partial charge in [0.05, 0.1) is 6.04 Å². The highest BCUT2D eigenvalue weighted by molar-refractivity contribution is 7.98. The van der Waals surface area contributed by atoms with Crippen LogP contribution in [0.4, 0.5) is 0 Å². The van der Waals surface area contributed by atoms with Crippen LogP contribution in [0.2, 0.25) is 0 Å². The van der Waals surface area contributed by atoms with Gasteiger partial charge < -0.3 is 16.2 Å². The maximum absolute atomic E-state index is 11.7. The van der Waals surface area contributed by atoms with E-state index in [1.807, 2.05) is 6.26 Å². The lowest BCUT2D eigenvalue weighted by molar-refractivity contribution is -0.122. The standard InChI is InChI=1S/C12H26N2O2S/c1-3-4-10(5-7-15)9-14-12(16)11(13)6-8-17-2/h10-11,15H,3-9,13H2,1-2H3,(H,14,16)/t10?,11-/m1/s1. The molecule has 0 aliphatic heterocycles. The summed E-state index contributed by atoms with van der Waals surface area (Å²) < 4.78 is 0. The Morgan fingerprint density at radius 2 is 2.12 bits per heavy atom. The smallest absolute Gasteiger partial charge is 0.236 e. The van der Waals surface area contributed by atoms with Gasteiger partial charge >= 0.3 is 0 Å². The molecule has 0 aromatic rings. The first-order valence-corrected chi connectivity index (χ1v) is 7.68. The second-order valence-corrected chi connectivity index (χ2v) is 5.29. The number of thioether (sulfide) groups is 1. The summed E-state index contributed by atoms with van der Waals surface area (Å²) in [5.74, 6) is 1.20. The average Bonchev–Trinajstić information content (AvgIpc) is 2.33. The molecule has 4 N–H and O–H groups in total. The van der Waals surface area contributed by atoms with Gasteiger partial charge in [-0.05, 0) is 37.2 Å². The van der Waals surface area contributed by atoms with Crippen molar-refractivity contribution in [2.24, 2.45) is 11.7 Å². The van der Waals surface area contributed by atoms with E-state index >= 15 is 0 Å². The first-order valence-electron chi connectivity index (χ1n) is 6.28. The molecule has 0 saturated heterocycles. The maximum atomic E-state index is 11.7. The lowest BCUT2D eigenvalue weighted by Crippen LogP contribution is -2.42. The molecule has 102 valence electrons. The highest BCUT2D eigenvalue weighted by Crippen LogP contribution is 2.09. The Labute approximate surface area is 109 Å². The molecule has 0 heterocycles. The van der Waals surface area contributed by atoms with Crippen LogP contribution in [-0.2, 0) is 4.79 Å². The molecule has 1 unspecified atom stereocenters. The van der Waals surface area contributed by atoms with Crippen LogP contribution in [0.15, 0.2) is 0 Å². The molecule has 0 fully saturated rings. The predicted molar refractivity (Wildman–Crippen MR) is 74.1 cm³/mol.